The van der Waals surface area contributed by atoms with E-state index >= 15 is 0 Å². The molecule has 0 spiro atoms. The van der Waals surface area contributed by atoms with Gasteiger partial charge in [0.05, 0.1) is 0 Å². The van der Waals surface area contributed by atoms with E-state index in [0.29, 0.717) is 12.6 Å². The predicted molar refractivity (Wildman–Crippen MR) is 72.9 cm³/mol. The lowest BCUT2D eigenvalue weighted by molar-refractivity contribution is 0.184. The largest absolute Gasteiger partial charge is 0.326 e. The summed E-state index contributed by atoms with van der Waals surface area (Å²) in [7, 11) is 0. The van der Waals surface area contributed by atoms with E-state index in [1.165, 1.54) is 42.5 Å². The van der Waals surface area contributed by atoms with Crippen LogP contribution >= 0.6 is 0 Å². The van der Waals surface area contributed by atoms with Crippen molar-refractivity contribution in [3.05, 3.63) is 34.9 Å². The van der Waals surface area contributed by atoms with Crippen molar-refractivity contribution in [2.45, 2.75) is 45.7 Å². The Balaban J connectivity index is 2.32. The minimum absolute atomic E-state index is 0.626. The van der Waals surface area contributed by atoms with Gasteiger partial charge in [-0.2, -0.15) is 0 Å². The van der Waals surface area contributed by atoms with Crippen molar-refractivity contribution in [3.8, 4) is 0 Å². The second-order valence-electron chi connectivity index (χ2n) is 4.92. The molecule has 1 aromatic carbocycles. The lowest BCUT2D eigenvalue weighted by Gasteiger charge is -2.37. The predicted octanol–water partition coefficient (Wildman–Crippen LogP) is 2.86. The highest BCUT2D eigenvalue weighted by molar-refractivity contribution is 5.36. The van der Waals surface area contributed by atoms with Gasteiger partial charge in [-0.25, -0.2) is 0 Å². The fraction of sp³-hybridized carbons (Fsp3) is 0.600. The van der Waals surface area contributed by atoms with E-state index in [9.17, 15) is 0 Å². The van der Waals surface area contributed by atoms with Gasteiger partial charge in [-0.15, -0.1) is 0 Å². The molecule has 1 aromatic rings. The first kappa shape index (κ1) is 12.6. The van der Waals surface area contributed by atoms with Gasteiger partial charge in [-0.1, -0.05) is 38.5 Å². The first-order valence-electron chi connectivity index (χ1n) is 6.86. The summed E-state index contributed by atoms with van der Waals surface area (Å²) in [5, 5.41) is 0. The smallest absolute Gasteiger partial charge is 0.0350 e. The van der Waals surface area contributed by atoms with Gasteiger partial charge in [0.1, 0.15) is 0 Å². The minimum Gasteiger partial charge on any atom is -0.326 e. The maximum atomic E-state index is 5.72. The molecule has 0 bridgehead atoms. The van der Waals surface area contributed by atoms with Crippen molar-refractivity contribution < 1.29 is 0 Å². The number of likely N-dealkylation sites (N-methyl/N-ethyl adjacent to an activating group) is 1. The monoisotopic (exact) mass is 232 g/mol. The van der Waals surface area contributed by atoms with Crippen molar-refractivity contribution >= 4 is 0 Å². The first-order chi connectivity index (χ1) is 8.30. The van der Waals surface area contributed by atoms with Crippen LogP contribution in [0.4, 0.5) is 0 Å². The highest BCUT2D eigenvalue weighted by atomic mass is 15.2. The standard InChI is InChI=1S/C15H24N2/c1-3-5-15-14-7-6-12(11-16)10-13(14)8-9-17(15)4-2/h6-7,10,15H,3-5,8-9,11,16H2,1-2H3. The van der Waals surface area contributed by atoms with Gasteiger partial charge < -0.3 is 5.73 Å². The molecule has 0 saturated heterocycles. The van der Waals surface area contributed by atoms with Crippen LogP contribution in [0.25, 0.3) is 0 Å². The Morgan fingerprint density at radius 2 is 2.18 bits per heavy atom. The molecule has 0 radical (unpaired) electrons. The molecular weight excluding hydrogens is 208 g/mol. The van der Waals surface area contributed by atoms with Crippen molar-refractivity contribution in [1.82, 2.24) is 4.90 Å². The quantitative estimate of drug-likeness (QED) is 0.865. The summed E-state index contributed by atoms with van der Waals surface area (Å²) in [5.74, 6) is 0. The van der Waals surface area contributed by atoms with E-state index in [-0.39, 0.29) is 0 Å². The maximum Gasteiger partial charge on any atom is 0.0350 e. The lowest BCUT2D eigenvalue weighted by Crippen LogP contribution is -2.35. The van der Waals surface area contributed by atoms with E-state index in [0.717, 1.165) is 6.54 Å². The van der Waals surface area contributed by atoms with E-state index in [4.69, 9.17) is 5.73 Å². The SMILES string of the molecule is CCCC1c2ccc(CN)cc2CCN1CC. The highest BCUT2D eigenvalue weighted by Crippen LogP contribution is 2.33. The number of rotatable bonds is 4. The van der Waals surface area contributed by atoms with E-state index < -0.39 is 0 Å². The summed E-state index contributed by atoms with van der Waals surface area (Å²) in [4.78, 5) is 2.61. The van der Waals surface area contributed by atoms with Gasteiger partial charge in [-0.3, -0.25) is 4.90 Å². The summed E-state index contributed by atoms with van der Waals surface area (Å²) >= 11 is 0. The highest BCUT2D eigenvalue weighted by Gasteiger charge is 2.25. The third kappa shape index (κ3) is 2.53. The van der Waals surface area contributed by atoms with Crippen molar-refractivity contribution in [2.24, 2.45) is 5.73 Å². The number of nitrogens with zero attached hydrogens (tertiary/aromatic N) is 1. The Bertz CT molecular complexity index is 373. The molecule has 2 nitrogen and oxygen atoms in total. The Morgan fingerprint density at radius 1 is 1.35 bits per heavy atom. The Hall–Kier alpha value is -0.860. The summed E-state index contributed by atoms with van der Waals surface area (Å²) in [6, 6.07) is 7.44. The molecular formula is C15H24N2. The van der Waals surface area contributed by atoms with Crippen molar-refractivity contribution in [1.29, 1.82) is 0 Å². The number of hydrogen-bond acceptors (Lipinski definition) is 2. The van der Waals surface area contributed by atoms with Crippen LogP contribution < -0.4 is 5.73 Å². The van der Waals surface area contributed by atoms with Gasteiger partial charge in [-0.05, 0) is 36.1 Å². The average Bonchev–Trinajstić information content (AvgIpc) is 2.38. The van der Waals surface area contributed by atoms with Crippen molar-refractivity contribution in [3.63, 3.8) is 0 Å². The Kier molecular flexibility index (Phi) is 4.19. The Morgan fingerprint density at radius 3 is 2.82 bits per heavy atom. The zero-order chi connectivity index (χ0) is 12.3. The summed E-state index contributed by atoms with van der Waals surface area (Å²) in [5.41, 5.74) is 10.1. The second-order valence-corrected chi connectivity index (χ2v) is 4.92. The molecule has 0 aromatic heterocycles. The second kappa shape index (κ2) is 5.65. The van der Waals surface area contributed by atoms with E-state index in [1.807, 2.05) is 0 Å². The van der Waals surface area contributed by atoms with E-state index in [1.54, 1.807) is 0 Å². The van der Waals surface area contributed by atoms with Crippen molar-refractivity contribution in [2.75, 3.05) is 13.1 Å². The van der Waals surface area contributed by atoms with Crippen LogP contribution in [-0.2, 0) is 13.0 Å². The fourth-order valence-corrected chi connectivity index (χ4v) is 2.93. The zero-order valence-electron chi connectivity index (χ0n) is 11.1. The molecule has 17 heavy (non-hydrogen) atoms. The van der Waals surface area contributed by atoms with Crippen LogP contribution in [0.15, 0.2) is 18.2 Å². The first-order valence-corrected chi connectivity index (χ1v) is 6.86. The van der Waals surface area contributed by atoms with Crippen LogP contribution in [0.2, 0.25) is 0 Å². The zero-order valence-corrected chi connectivity index (χ0v) is 11.1. The fourth-order valence-electron chi connectivity index (χ4n) is 2.93. The third-order valence-corrected chi connectivity index (χ3v) is 3.88. The average molecular weight is 232 g/mol. The molecule has 2 N–H and O–H groups in total. The molecule has 2 rings (SSSR count). The summed E-state index contributed by atoms with van der Waals surface area (Å²) in [6.45, 7) is 7.55. The molecule has 1 aliphatic heterocycles. The van der Waals surface area contributed by atoms with Crippen LogP contribution in [0.5, 0.6) is 0 Å². The molecule has 1 atom stereocenters. The molecule has 0 saturated carbocycles. The lowest BCUT2D eigenvalue weighted by atomic mass is 9.89. The maximum absolute atomic E-state index is 5.72. The summed E-state index contributed by atoms with van der Waals surface area (Å²) in [6.07, 6.45) is 3.69. The van der Waals surface area contributed by atoms with Gasteiger partial charge >= 0.3 is 0 Å². The number of benzene rings is 1. The topological polar surface area (TPSA) is 29.3 Å². The van der Waals surface area contributed by atoms with Gasteiger partial charge in [0.25, 0.3) is 0 Å². The summed E-state index contributed by atoms with van der Waals surface area (Å²) < 4.78 is 0. The molecule has 1 heterocycles. The molecule has 1 aliphatic rings. The van der Waals surface area contributed by atoms with Crippen LogP contribution in [-0.4, -0.2) is 18.0 Å². The molecule has 1 unspecified atom stereocenters. The van der Waals surface area contributed by atoms with Gasteiger partial charge in [0.15, 0.2) is 0 Å². The molecule has 0 aliphatic carbocycles. The van der Waals surface area contributed by atoms with Crippen LogP contribution in [0.1, 0.15) is 49.4 Å². The molecule has 0 fully saturated rings. The molecule has 0 amide bonds. The third-order valence-electron chi connectivity index (χ3n) is 3.88. The van der Waals surface area contributed by atoms with Gasteiger partial charge in [0.2, 0.25) is 0 Å². The van der Waals surface area contributed by atoms with E-state index in [2.05, 4.69) is 36.9 Å². The van der Waals surface area contributed by atoms with Crippen LogP contribution in [0, 0.1) is 0 Å². The molecule has 2 heteroatoms. The normalized spacial score (nSPS) is 20.3. The number of nitrogens with two attached hydrogens (primary N) is 1. The van der Waals surface area contributed by atoms with Crippen LogP contribution in [0.3, 0.4) is 0 Å². The van der Waals surface area contributed by atoms with Gasteiger partial charge in [0, 0.05) is 19.1 Å². The Labute approximate surface area is 105 Å². The minimum atomic E-state index is 0.626. The number of fused-ring (bicyclic) bond motifs is 1. The molecule has 94 valence electrons. The number of hydrogen-bond donors (Lipinski definition) is 1.